The first-order valence-electron chi connectivity index (χ1n) is 9.23. The molecule has 132 valence electrons. The topological polar surface area (TPSA) is 63.9 Å². The zero-order chi connectivity index (χ0) is 17.2. The van der Waals surface area contributed by atoms with E-state index in [1.165, 1.54) is 12.8 Å². The maximum atomic E-state index is 12.3. The van der Waals surface area contributed by atoms with E-state index in [0.29, 0.717) is 11.8 Å². The zero-order valence-electron chi connectivity index (χ0n) is 14.8. The molecular formula is C19H25N5O. The quantitative estimate of drug-likeness (QED) is 0.835. The van der Waals surface area contributed by atoms with Crippen molar-refractivity contribution < 1.29 is 0 Å². The van der Waals surface area contributed by atoms with E-state index in [0.717, 1.165) is 56.1 Å². The number of aromatic nitrogens is 4. The monoisotopic (exact) mass is 339 g/mol. The number of rotatable bonds is 5. The molecule has 4 rings (SSSR count). The molecule has 1 saturated heterocycles. The lowest BCUT2D eigenvalue weighted by Gasteiger charge is -2.31. The molecule has 0 N–H and O–H groups in total. The molecule has 2 aliphatic rings. The van der Waals surface area contributed by atoms with E-state index in [9.17, 15) is 4.79 Å². The third kappa shape index (κ3) is 4.12. The fourth-order valence-corrected chi connectivity index (χ4v) is 3.51. The molecule has 1 aliphatic heterocycles. The van der Waals surface area contributed by atoms with Gasteiger partial charge in [-0.1, -0.05) is 0 Å². The van der Waals surface area contributed by atoms with E-state index in [2.05, 4.69) is 19.9 Å². The summed E-state index contributed by atoms with van der Waals surface area (Å²) in [5.74, 6) is 1.09. The van der Waals surface area contributed by atoms with Crippen molar-refractivity contribution in [3.63, 3.8) is 0 Å². The van der Waals surface area contributed by atoms with E-state index in [1.54, 1.807) is 17.0 Å². The Kier molecular flexibility index (Phi) is 4.61. The lowest BCUT2D eigenvalue weighted by atomic mass is 9.96. The number of piperidine rings is 1. The molecule has 1 saturated carbocycles. The van der Waals surface area contributed by atoms with Crippen molar-refractivity contribution in [2.24, 2.45) is 5.92 Å². The van der Waals surface area contributed by atoms with E-state index >= 15 is 0 Å². The van der Waals surface area contributed by atoms with Gasteiger partial charge in [-0.25, -0.2) is 4.98 Å². The lowest BCUT2D eigenvalue weighted by Crippen LogP contribution is -2.36. The Hall–Kier alpha value is -2.08. The van der Waals surface area contributed by atoms with Crippen molar-refractivity contribution in [2.45, 2.75) is 51.6 Å². The molecule has 0 atom stereocenters. The van der Waals surface area contributed by atoms with Crippen molar-refractivity contribution in [2.75, 3.05) is 13.1 Å². The van der Waals surface area contributed by atoms with E-state index in [1.807, 2.05) is 19.3 Å². The predicted octanol–water partition coefficient (Wildman–Crippen LogP) is 2.13. The van der Waals surface area contributed by atoms with Crippen LogP contribution in [0.5, 0.6) is 0 Å². The van der Waals surface area contributed by atoms with E-state index in [-0.39, 0.29) is 5.56 Å². The summed E-state index contributed by atoms with van der Waals surface area (Å²) in [5, 5.41) is 0. The highest BCUT2D eigenvalue weighted by Crippen LogP contribution is 2.38. The van der Waals surface area contributed by atoms with Gasteiger partial charge in [0.1, 0.15) is 0 Å². The highest BCUT2D eigenvalue weighted by atomic mass is 16.1. The highest BCUT2D eigenvalue weighted by Gasteiger charge is 2.26. The molecule has 0 spiro atoms. The molecule has 0 unspecified atom stereocenters. The number of hydrogen-bond donors (Lipinski definition) is 0. The molecule has 0 radical (unpaired) electrons. The Balaban J connectivity index is 1.30. The third-order valence-electron chi connectivity index (χ3n) is 5.28. The summed E-state index contributed by atoms with van der Waals surface area (Å²) >= 11 is 0. The Morgan fingerprint density at radius 1 is 1.08 bits per heavy atom. The van der Waals surface area contributed by atoms with Crippen molar-refractivity contribution in [3.05, 3.63) is 52.2 Å². The van der Waals surface area contributed by atoms with Gasteiger partial charge < -0.3 is 0 Å². The lowest BCUT2D eigenvalue weighted by molar-refractivity contribution is 0.164. The van der Waals surface area contributed by atoms with Crippen LogP contribution in [0.4, 0.5) is 0 Å². The molecule has 6 nitrogen and oxygen atoms in total. The molecule has 2 fully saturated rings. The zero-order valence-corrected chi connectivity index (χ0v) is 14.8. The Labute approximate surface area is 148 Å². The van der Waals surface area contributed by atoms with Crippen LogP contribution in [0, 0.1) is 12.8 Å². The molecule has 0 bridgehead atoms. The largest absolute Gasteiger partial charge is 0.299 e. The first-order valence-corrected chi connectivity index (χ1v) is 9.23. The van der Waals surface area contributed by atoms with Crippen LogP contribution in [-0.4, -0.2) is 37.5 Å². The predicted molar refractivity (Wildman–Crippen MR) is 95.2 cm³/mol. The summed E-state index contributed by atoms with van der Waals surface area (Å²) in [6.07, 6.45) is 10.0. The maximum Gasteiger partial charge on any atom is 0.253 e. The second-order valence-electron chi connectivity index (χ2n) is 7.45. The van der Waals surface area contributed by atoms with Gasteiger partial charge in [-0.15, -0.1) is 0 Å². The molecule has 3 heterocycles. The standard InChI is InChI=1S/C19H25N5O/c1-14-9-21-17(10-20-14)12-23-6-4-15(5-7-23)11-24-13-22-18(8-19(24)25)16-2-3-16/h8-10,13,15-16H,2-7,11-12H2,1H3. The van der Waals surface area contributed by atoms with Crippen molar-refractivity contribution in [1.29, 1.82) is 0 Å². The van der Waals surface area contributed by atoms with Gasteiger partial charge in [0.15, 0.2) is 0 Å². The van der Waals surface area contributed by atoms with Crippen LogP contribution in [0.3, 0.4) is 0 Å². The summed E-state index contributed by atoms with van der Waals surface area (Å²) in [7, 11) is 0. The van der Waals surface area contributed by atoms with Crippen LogP contribution >= 0.6 is 0 Å². The second-order valence-corrected chi connectivity index (χ2v) is 7.45. The van der Waals surface area contributed by atoms with Gasteiger partial charge in [0.05, 0.1) is 23.4 Å². The molecule has 6 heteroatoms. The van der Waals surface area contributed by atoms with Crippen LogP contribution in [0.15, 0.2) is 29.6 Å². The minimum Gasteiger partial charge on any atom is -0.299 e. The average Bonchev–Trinajstić information content (AvgIpc) is 3.45. The van der Waals surface area contributed by atoms with Crippen LogP contribution in [0.25, 0.3) is 0 Å². The van der Waals surface area contributed by atoms with Crippen molar-refractivity contribution in [1.82, 2.24) is 24.4 Å². The number of aryl methyl sites for hydroxylation is 1. The number of nitrogens with zero attached hydrogens (tertiary/aromatic N) is 5. The Bertz CT molecular complexity index is 773. The fourth-order valence-electron chi connectivity index (χ4n) is 3.51. The van der Waals surface area contributed by atoms with Gasteiger partial charge in [-0.3, -0.25) is 24.2 Å². The minimum absolute atomic E-state index is 0.106. The van der Waals surface area contributed by atoms with Gasteiger partial charge in [-0.05, 0) is 51.6 Å². The molecule has 0 amide bonds. The first kappa shape index (κ1) is 16.4. The number of likely N-dealkylation sites (tertiary alicyclic amines) is 1. The van der Waals surface area contributed by atoms with Gasteiger partial charge in [-0.2, -0.15) is 0 Å². The van der Waals surface area contributed by atoms with Crippen LogP contribution in [0.1, 0.15) is 48.7 Å². The van der Waals surface area contributed by atoms with E-state index in [4.69, 9.17) is 0 Å². The summed E-state index contributed by atoms with van der Waals surface area (Å²) < 4.78 is 1.79. The molecule has 1 aliphatic carbocycles. The number of hydrogen-bond acceptors (Lipinski definition) is 5. The molecule has 0 aromatic carbocycles. The maximum absolute atomic E-state index is 12.3. The van der Waals surface area contributed by atoms with Gasteiger partial charge >= 0.3 is 0 Å². The highest BCUT2D eigenvalue weighted by molar-refractivity contribution is 5.12. The molecular weight excluding hydrogens is 314 g/mol. The molecule has 2 aromatic heterocycles. The second kappa shape index (κ2) is 7.04. The normalized spacial score (nSPS) is 19.2. The van der Waals surface area contributed by atoms with Gasteiger partial charge in [0.2, 0.25) is 0 Å². The van der Waals surface area contributed by atoms with Crippen LogP contribution in [0.2, 0.25) is 0 Å². The Morgan fingerprint density at radius 2 is 1.88 bits per heavy atom. The van der Waals surface area contributed by atoms with Crippen LogP contribution < -0.4 is 5.56 Å². The summed E-state index contributed by atoms with van der Waals surface area (Å²) in [6, 6.07) is 1.74. The first-order chi connectivity index (χ1) is 12.2. The fraction of sp³-hybridized carbons (Fsp3) is 0.579. The van der Waals surface area contributed by atoms with Gasteiger partial charge in [0.25, 0.3) is 5.56 Å². The average molecular weight is 339 g/mol. The van der Waals surface area contributed by atoms with Crippen LogP contribution in [-0.2, 0) is 13.1 Å². The SMILES string of the molecule is Cc1cnc(CN2CCC(Cn3cnc(C4CC4)cc3=O)CC2)cn1. The van der Waals surface area contributed by atoms with Gasteiger partial charge in [0, 0.05) is 37.5 Å². The summed E-state index contributed by atoms with van der Waals surface area (Å²) in [5.41, 5.74) is 3.07. The summed E-state index contributed by atoms with van der Waals surface area (Å²) in [4.78, 5) is 27.9. The summed E-state index contributed by atoms with van der Waals surface area (Å²) in [6.45, 7) is 5.69. The Morgan fingerprint density at radius 3 is 2.52 bits per heavy atom. The van der Waals surface area contributed by atoms with Crippen molar-refractivity contribution >= 4 is 0 Å². The third-order valence-corrected chi connectivity index (χ3v) is 5.28. The molecule has 2 aromatic rings. The van der Waals surface area contributed by atoms with E-state index < -0.39 is 0 Å². The minimum atomic E-state index is 0.106. The van der Waals surface area contributed by atoms with Crippen molar-refractivity contribution in [3.8, 4) is 0 Å². The smallest absolute Gasteiger partial charge is 0.253 e. The molecule has 25 heavy (non-hydrogen) atoms.